The number of carbonyl (C=O) groups is 5. The zero-order valence-corrected chi connectivity index (χ0v) is 11.3. The number of carbonyl (C=O) groups excluding carboxylic acids is 1. The summed E-state index contributed by atoms with van der Waals surface area (Å²) in [5.41, 5.74) is 0. The van der Waals surface area contributed by atoms with Gasteiger partial charge in [0, 0.05) is 25.7 Å². The highest BCUT2D eigenvalue weighted by Crippen LogP contribution is 1.98. The number of Topliss-reactive ketones (excluding diaryl/α,β-unsaturated/α-hetero) is 1. The summed E-state index contributed by atoms with van der Waals surface area (Å²) in [6, 6.07) is 0. The predicted molar refractivity (Wildman–Crippen MR) is 67.9 cm³/mol. The van der Waals surface area contributed by atoms with E-state index in [1.807, 2.05) is 0 Å². The molecule has 0 aromatic heterocycles. The minimum absolute atomic E-state index is 0.0628. The number of carboxylic acid groups (broad SMARTS) is 4. The van der Waals surface area contributed by atoms with E-state index >= 15 is 0 Å². The number of carboxylic acids is 4. The molecule has 0 rings (SSSR count). The molecule has 0 unspecified atom stereocenters. The van der Waals surface area contributed by atoms with Gasteiger partial charge in [-0.3, -0.25) is 19.2 Å². The molecular weight excluding hydrogens is 288 g/mol. The number of ketones is 1. The summed E-state index contributed by atoms with van der Waals surface area (Å²) in [6.45, 7) is 0. The summed E-state index contributed by atoms with van der Waals surface area (Å²) in [7, 11) is 0. The number of rotatable bonds is 10. The molecule has 120 valence electrons. The van der Waals surface area contributed by atoms with Gasteiger partial charge in [0.25, 0.3) is 0 Å². The van der Waals surface area contributed by atoms with Crippen molar-refractivity contribution in [2.24, 2.45) is 0 Å². The van der Waals surface area contributed by atoms with E-state index in [1.54, 1.807) is 0 Å². The van der Waals surface area contributed by atoms with Crippen molar-refractivity contribution in [2.75, 3.05) is 0 Å². The number of hydrogen-bond acceptors (Lipinski definition) is 5. The Morgan fingerprint density at radius 1 is 0.524 bits per heavy atom. The third-order valence-electron chi connectivity index (χ3n) is 2.06. The minimum atomic E-state index is -1.50. The van der Waals surface area contributed by atoms with Crippen LogP contribution in [0.25, 0.3) is 0 Å². The van der Waals surface area contributed by atoms with Crippen LogP contribution in [-0.2, 0) is 24.0 Å². The molecule has 0 aliphatic carbocycles. The Labute approximate surface area is 120 Å². The van der Waals surface area contributed by atoms with Crippen LogP contribution in [0.15, 0.2) is 0 Å². The second kappa shape index (κ2) is 12.6. The largest absolute Gasteiger partial charge is 0.481 e. The lowest BCUT2D eigenvalue weighted by Gasteiger charge is -1.92. The smallest absolute Gasteiger partial charge is 0.372 e. The van der Waals surface area contributed by atoms with Crippen LogP contribution in [0.1, 0.15) is 44.9 Å². The third kappa shape index (κ3) is 20.0. The Balaban J connectivity index is 0. The molecule has 0 aromatic rings. The Hall–Kier alpha value is -2.45. The Morgan fingerprint density at radius 3 is 1.14 bits per heavy atom. The zero-order valence-electron chi connectivity index (χ0n) is 11.3. The molecule has 9 nitrogen and oxygen atoms in total. The van der Waals surface area contributed by atoms with Crippen LogP contribution < -0.4 is 0 Å². The molecule has 0 radical (unpaired) electrons. The van der Waals surface area contributed by atoms with Crippen LogP contribution >= 0.6 is 0 Å². The summed E-state index contributed by atoms with van der Waals surface area (Å²) < 4.78 is 0. The van der Waals surface area contributed by atoms with Crippen molar-refractivity contribution in [3.05, 3.63) is 0 Å². The number of unbranched alkanes of at least 4 members (excludes halogenated alkanes) is 1. The van der Waals surface area contributed by atoms with E-state index < -0.39 is 29.7 Å². The van der Waals surface area contributed by atoms with Gasteiger partial charge in [-0.05, 0) is 19.3 Å². The summed E-state index contributed by atoms with van der Waals surface area (Å²) >= 11 is 0. The van der Waals surface area contributed by atoms with Gasteiger partial charge in [-0.2, -0.15) is 0 Å². The molecule has 0 fully saturated rings. The normalized spacial score (nSPS) is 9.14. The topological polar surface area (TPSA) is 166 Å². The van der Waals surface area contributed by atoms with Crippen LogP contribution in [0.2, 0.25) is 0 Å². The molecule has 21 heavy (non-hydrogen) atoms. The fraction of sp³-hybridized carbons (Fsp3) is 0.583. The average Bonchev–Trinajstić information content (AvgIpc) is 2.34. The summed E-state index contributed by atoms with van der Waals surface area (Å²) in [5, 5.41) is 32.4. The Kier molecular flexibility index (Phi) is 12.5. The Bertz CT molecular complexity index is 370. The van der Waals surface area contributed by atoms with Crippen LogP contribution in [0, 0.1) is 0 Å². The fourth-order valence-corrected chi connectivity index (χ4v) is 1.06. The highest BCUT2D eigenvalue weighted by molar-refractivity contribution is 6.32. The zero-order chi connectivity index (χ0) is 16.8. The second-order valence-electron chi connectivity index (χ2n) is 3.97. The van der Waals surface area contributed by atoms with Gasteiger partial charge < -0.3 is 20.4 Å². The molecular formula is C12H18O9. The second-order valence-corrected chi connectivity index (χ2v) is 3.97. The van der Waals surface area contributed by atoms with Gasteiger partial charge in [0.2, 0.25) is 5.78 Å². The molecule has 0 spiro atoms. The average molecular weight is 306 g/mol. The van der Waals surface area contributed by atoms with Gasteiger partial charge in [0.15, 0.2) is 0 Å². The van der Waals surface area contributed by atoms with Crippen molar-refractivity contribution in [1.82, 2.24) is 0 Å². The van der Waals surface area contributed by atoms with Crippen molar-refractivity contribution in [3.63, 3.8) is 0 Å². The van der Waals surface area contributed by atoms with Crippen molar-refractivity contribution >= 4 is 29.7 Å². The first-order chi connectivity index (χ1) is 9.66. The van der Waals surface area contributed by atoms with E-state index in [9.17, 15) is 24.0 Å². The molecule has 0 bridgehead atoms. The van der Waals surface area contributed by atoms with Gasteiger partial charge in [0.05, 0.1) is 0 Å². The van der Waals surface area contributed by atoms with Crippen molar-refractivity contribution in [3.8, 4) is 0 Å². The molecule has 0 aliphatic rings. The fourth-order valence-electron chi connectivity index (χ4n) is 1.06. The summed E-state index contributed by atoms with van der Waals surface area (Å²) in [4.78, 5) is 49.9. The van der Waals surface area contributed by atoms with Gasteiger partial charge in [-0.1, -0.05) is 0 Å². The Morgan fingerprint density at radius 2 is 0.857 bits per heavy atom. The molecule has 9 heteroatoms. The van der Waals surface area contributed by atoms with E-state index in [4.69, 9.17) is 20.4 Å². The first-order valence-electron chi connectivity index (χ1n) is 6.08. The minimum Gasteiger partial charge on any atom is -0.481 e. The summed E-state index contributed by atoms with van der Waals surface area (Å²) in [5.74, 6) is -5.21. The summed E-state index contributed by atoms with van der Waals surface area (Å²) in [6.07, 6.45) is 0.727. The van der Waals surface area contributed by atoms with Gasteiger partial charge >= 0.3 is 23.9 Å². The van der Waals surface area contributed by atoms with Gasteiger partial charge in [-0.25, -0.2) is 4.79 Å². The monoisotopic (exact) mass is 306 g/mol. The van der Waals surface area contributed by atoms with E-state index in [2.05, 4.69) is 0 Å². The van der Waals surface area contributed by atoms with Crippen molar-refractivity contribution in [2.45, 2.75) is 44.9 Å². The molecule has 0 amide bonds. The molecule has 0 saturated heterocycles. The highest BCUT2D eigenvalue weighted by atomic mass is 16.4. The van der Waals surface area contributed by atoms with Gasteiger partial charge in [0.1, 0.15) is 0 Å². The molecule has 0 heterocycles. The molecule has 4 N–H and O–H groups in total. The third-order valence-corrected chi connectivity index (χ3v) is 2.06. The van der Waals surface area contributed by atoms with Crippen LogP contribution in [0.4, 0.5) is 0 Å². The number of aliphatic carboxylic acids is 4. The highest BCUT2D eigenvalue weighted by Gasteiger charge is 2.10. The van der Waals surface area contributed by atoms with E-state index in [0.717, 1.165) is 0 Å². The maximum Gasteiger partial charge on any atom is 0.372 e. The molecule has 0 atom stereocenters. The van der Waals surface area contributed by atoms with Crippen molar-refractivity contribution < 1.29 is 44.4 Å². The predicted octanol–water partition coefficient (Wildman–Crippen LogP) is 0.611. The lowest BCUT2D eigenvalue weighted by molar-refractivity contribution is -0.149. The SMILES string of the molecule is O=C(O)CCCC(=O)C(=O)O.O=C(O)CCCCC(=O)O. The van der Waals surface area contributed by atoms with Gasteiger partial charge in [-0.15, -0.1) is 0 Å². The van der Waals surface area contributed by atoms with E-state index in [1.165, 1.54) is 0 Å². The maximum absolute atomic E-state index is 10.3. The maximum atomic E-state index is 10.3. The molecule has 0 aromatic carbocycles. The van der Waals surface area contributed by atoms with Crippen LogP contribution in [0.3, 0.4) is 0 Å². The van der Waals surface area contributed by atoms with E-state index in [0.29, 0.717) is 12.8 Å². The van der Waals surface area contributed by atoms with Crippen molar-refractivity contribution in [1.29, 1.82) is 0 Å². The lowest BCUT2D eigenvalue weighted by Crippen LogP contribution is -2.12. The number of hydrogen-bond donors (Lipinski definition) is 4. The van der Waals surface area contributed by atoms with E-state index in [-0.39, 0.29) is 32.1 Å². The lowest BCUT2D eigenvalue weighted by atomic mass is 10.2. The van der Waals surface area contributed by atoms with Crippen LogP contribution in [-0.4, -0.2) is 50.1 Å². The first kappa shape index (κ1) is 20.9. The molecule has 0 saturated carbocycles. The van der Waals surface area contributed by atoms with Crippen LogP contribution in [0.5, 0.6) is 0 Å². The molecule has 0 aliphatic heterocycles. The quantitative estimate of drug-likeness (QED) is 0.334. The first-order valence-corrected chi connectivity index (χ1v) is 6.08. The standard InChI is InChI=1S/C6H8O5.C6H10O4/c7-4(6(10)11)2-1-3-5(8)9;7-5(8)3-1-2-4-6(9)10/h1-3H2,(H,8,9)(H,10,11);1-4H2,(H,7,8)(H,9,10).